The number of hydrogen-bond acceptors (Lipinski definition) is 5. The fourth-order valence-corrected chi connectivity index (χ4v) is 3.20. The van der Waals surface area contributed by atoms with E-state index in [1.54, 1.807) is 6.07 Å². The quantitative estimate of drug-likeness (QED) is 0.640. The topological polar surface area (TPSA) is 84.7 Å². The Labute approximate surface area is 158 Å². The van der Waals surface area contributed by atoms with Crippen LogP contribution in [0.15, 0.2) is 42.5 Å². The summed E-state index contributed by atoms with van der Waals surface area (Å²) in [5.41, 5.74) is 2.61. The average Bonchev–Trinajstić information content (AvgIpc) is 2.68. The molecule has 142 valence electrons. The minimum absolute atomic E-state index is 0.102. The number of anilines is 2. The molecular formula is C20H23N3O4. The van der Waals surface area contributed by atoms with Crippen molar-refractivity contribution in [1.29, 1.82) is 0 Å². The summed E-state index contributed by atoms with van der Waals surface area (Å²) in [6.07, 6.45) is 0. The van der Waals surface area contributed by atoms with E-state index in [1.807, 2.05) is 29.2 Å². The predicted octanol–water partition coefficient (Wildman–Crippen LogP) is 3.81. The number of para-hydroxylation sites is 1. The molecule has 2 aromatic carbocycles. The van der Waals surface area contributed by atoms with Gasteiger partial charge in [-0.25, -0.2) is 0 Å². The first kappa shape index (κ1) is 18.8. The van der Waals surface area contributed by atoms with E-state index < -0.39 is 4.92 Å². The summed E-state index contributed by atoms with van der Waals surface area (Å²) in [5.74, 6) is -0.112. The number of carbonyl (C=O) groups excluding carboxylic acids is 1. The third kappa shape index (κ3) is 4.25. The summed E-state index contributed by atoms with van der Waals surface area (Å²) in [6, 6.07) is 12.0. The molecule has 0 saturated carbocycles. The van der Waals surface area contributed by atoms with Crippen LogP contribution in [0.1, 0.15) is 35.7 Å². The van der Waals surface area contributed by atoms with Gasteiger partial charge in [0.1, 0.15) is 0 Å². The monoisotopic (exact) mass is 369 g/mol. The Balaban J connectivity index is 1.97. The lowest BCUT2D eigenvalue weighted by molar-refractivity contribution is -0.384. The molecule has 1 N–H and O–H groups in total. The molecule has 7 heteroatoms. The zero-order valence-corrected chi connectivity index (χ0v) is 15.5. The van der Waals surface area contributed by atoms with E-state index in [0.29, 0.717) is 37.6 Å². The number of morpholine rings is 1. The normalized spacial score (nSPS) is 14.3. The first-order valence-electron chi connectivity index (χ1n) is 8.99. The molecule has 0 atom stereocenters. The highest BCUT2D eigenvalue weighted by Crippen LogP contribution is 2.29. The summed E-state index contributed by atoms with van der Waals surface area (Å²) in [4.78, 5) is 25.8. The number of rotatable bonds is 5. The largest absolute Gasteiger partial charge is 0.378 e. The van der Waals surface area contributed by atoms with Gasteiger partial charge in [-0.05, 0) is 23.6 Å². The maximum atomic E-state index is 13.0. The molecule has 0 spiro atoms. The molecule has 0 unspecified atom stereocenters. The molecule has 2 aromatic rings. The molecule has 3 rings (SSSR count). The highest BCUT2D eigenvalue weighted by Gasteiger charge is 2.22. The molecule has 1 saturated heterocycles. The summed E-state index contributed by atoms with van der Waals surface area (Å²) in [5, 5.41) is 14.1. The van der Waals surface area contributed by atoms with Crippen LogP contribution < -0.4 is 10.2 Å². The lowest BCUT2D eigenvalue weighted by atomic mass is 10.0. The highest BCUT2D eigenvalue weighted by atomic mass is 16.6. The summed E-state index contributed by atoms with van der Waals surface area (Å²) >= 11 is 0. The maximum Gasteiger partial charge on any atom is 0.270 e. The van der Waals surface area contributed by atoms with E-state index in [-0.39, 0.29) is 17.5 Å². The predicted molar refractivity (Wildman–Crippen MR) is 105 cm³/mol. The Morgan fingerprint density at radius 2 is 1.89 bits per heavy atom. The number of nitro groups is 1. The number of benzene rings is 2. The van der Waals surface area contributed by atoms with Crippen LogP contribution >= 0.6 is 0 Å². The van der Waals surface area contributed by atoms with E-state index in [1.165, 1.54) is 12.1 Å². The molecule has 0 bridgehead atoms. The van der Waals surface area contributed by atoms with Gasteiger partial charge >= 0.3 is 0 Å². The second-order valence-corrected chi connectivity index (χ2v) is 6.75. The molecule has 1 heterocycles. The minimum atomic E-state index is -0.484. The zero-order valence-electron chi connectivity index (χ0n) is 15.5. The second kappa shape index (κ2) is 8.18. The highest BCUT2D eigenvalue weighted by molar-refractivity contribution is 6.09. The van der Waals surface area contributed by atoms with E-state index in [4.69, 9.17) is 4.74 Å². The fourth-order valence-electron chi connectivity index (χ4n) is 3.20. The van der Waals surface area contributed by atoms with Crippen molar-refractivity contribution in [2.75, 3.05) is 36.5 Å². The average molecular weight is 369 g/mol. The van der Waals surface area contributed by atoms with Crippen molar-refractivity contribution in [3.05, 3.63) is 63.7 Å². The minimum Gasteiger partial charge on any atom is -0.378 e. The number of nitro benzene ring substituents is 1. The third-order valence-electron chi connectivity index (χ3n) is 4.62. The van der Waals surface area contributed by atoms with Crippen LogP contribution in [0, 0.1) is 10.1 Å². The Morgan fingerprint density at radius 3 is 2.56 bits per heavy atom. The lowest BCUT2D eigenvalue weighted by Crippen LogP contribution is -2.37. The Kier molecular flexibility index (Phi) is 5.71. The van der Waals surface area contributed by atoms with E-state index in [9.17, 15) is 14.9 Å². The summed E-state index contributed by atoms with van der Waals surface area (Å²) in [7, 11) is 0. The van der Waals surface area contributed by atoms with E-state index in [0.717, 1.165) is 11.3 Å². The molecule has 1 aliphatic rings. The molecule has 1 amide bonds. The first-order chi connectivity index (χ1) is 13.0. The Morgan fingerprint density at radius 1 is 1.19 bits per heavy atom. The van der Waals surface area contributed by atoms with Crippen LogP contribution in [-0.2, 0) is 4.74 Å². The summed E-state index contributed by atoms with van der Waals surface area (Å²) < 4.78 is 5.37. The number of nitrogens with one attached hydrogen (secondary N) is 1. The van der Waals surface area contributed by atoms with Gasteiger partial charge < -0.3 is 15.0 Å². The van der Waals surface area contributed by atoms with Crippen molar-refractivity contribution in [2.45, 2.75) is 19.8 Å². The molecule has 0 aromatic heterocycles. The van der Waals surface area contributed by atoms with Gasteiger partial charge in [0.2, 0.25) is 0 Å². The molecule has 7 nitrogen and oxygen atoms in total. The van der Waals surface area contributed by atoms with Gasteiger partial charge in [-0.1, -0.05) is 32.0 Å². The number of nitrogens with zero attached hydrogens (tertiary/aromatic N) is 2. The molecule has 0 radical (unpaired) electrons. The number of carbonyl (C=O) groups is 1. The van der Waals surface area contributed by atoms with Gasteiger partial charge in [0, 0.05) is 30.9 Å². The third-order valence-corrected chi connectivity index (χ3v) is 4.62. The standard InChI is InChI=1S/C20H23N3O4/c1-14(2)16-5-3-4-6-18(16)21-20(24)17-13-15(23(25)26)7-8-19(17)22-9-11-27-12-10-22/h3-8,13-14H,9-12H2,1-2H3,(H,21,24). The Hall–Kier alpha value is -2.93. The summed E-state index contributed by atoms with van der Waals surface area (Å²) in [6.45, 7) is 6.51. The fraction of sp³-hybridized carbons (Fsp3) is 0.350. The molecule has 27 heavy (non-hydrogen) atoms. The maximum absolute atomic E-state index is 13.0. The number of hydrogen-bond donors (Lipinski definition) is 1. The number of amides is 1. The van der Waals surface area contributed by atoms with Gasteiger partial charge in [-0.2, -0.15) is 0 Å². The smallest absolute Gasteiger partial charge is 0.270 e. The van der Waals surface area contributed by atoms with Crippen LogP contribution in [0.2, 0.25) is 0 Å². The number of non-ortho nitro benzene ring substituents is 1. The van der Waals surface area contributed by atoms with Gasteiger partial charge in [-0.15, -0.1) is 0 Å². The van der Waals surface area contributed by atoms with Gasteiger partial charge in [0.05, 0.1) is 29.4 Å². The van der Waals surface area contributed by atoms with Crippen LogP contribution in [0.4, 0.5) is 17.1 Å². The van der Waals surface area contributed by atoms with Crippen molar-refractivity contribution in [2.24, 2.45) is 0 Å². The van der Waals surface area contributed by atoms with E-state index in [2.05, 4.69) is 19.2 Å². The Bertz CT molecular complexity index is 845. The van der Waals surface area contributed by atoms with Crippen molar-refractivity contribution in [1.82, 2.24) is 0 Å². The van der Waals surface area contributed by atoms with Crippen molar-refractivity contribution < 1.29 is 14.5 Å². The number of ether oxygens (including phenoxy) is 1. The van der Waals surface area contributed by atoms with Crippen molar-refractivity contribution in [3.63, 3.8) is 0 Å². The molecule has 0 aliphatic carbocycles. The van der Waals surface area contributed by atoms with Crippen LogP contribution in [0.25, 0.3) is 0 Å². The van der Waals surface area contributed by atoms with Crippen molar-refractivity contribution in [3.8, 4) is 0 Å². The van der Waals surface area contributed by atoms with Gasteiger partial charge in [-0.3, -0.25) is 14.9 Å². The second-order valence-electron chi connectivity index (χ2n) is 6.75. The van der Waals surface area contributed by atoms with Gasteiger partial charge in [0.15, 0.2) is 0 Å². The zero-order chi connectivity index (χ0) is 19.4. The van der Waals surface area contributed by atoms with Crippen LogP contribution in [-0.4, -0.2) is 37.1 Å². The molecular weight excluding hydrogens is 346 g/mol. The van der Waals surface area contributed by atoms with Crippen molar-refractivity contribution >= 4 is 23.0 Å². The molecule has 1 fully saturated rings. The van der Waals surface area contributed by atoms with Crippen LogP contribution in [0.5, 0.6) is 0 Å². The SMILES string of the molecule is CC(C)c1ccccc1NC(=O)c1cc([N+](=O)[O-])ccc1N1CCOCC1. The van der Waals surface area contributed by atoms with E-state index >= 15 is 0 Å². The van der Waals surface area contributed by atoms with Gasteiger partial charge in [0.25, 0.3) is 11.6 Å². The van der Waals surface area contributed by atoms with Crippen LogP contribution in [0.3, 0.4) is 0 Å². The molecule has 1 aliphatic heterocycles. The lowest BCUT2D eigenvalue weighted by Gasteiger charge is -2.30. The first-order valence-corrected chi connectivity index (χ1v) is 8.99.